The molecule has 1 amide bonds. The summed E-state index contributed by atoms with van der Waals surface area (Å²) in [7, 11) is 1.51. The molecule has 4 aromatic rings. The minimum atomic E-state index is -0.585. The van der Waals surface area contributed by atoms with Gasteiger partial charge in [-0.05, 0) is 25.1 Å². The molecular weight excluding hydrogens is 385 g/mol. The van der Waals surface area contributed by atoms with Gasteiger partial charge in [-0.15, -0.1) is 0 Å². The van der Waals surface area contributed by atoms with Crippen molar-refractivity contribution in [1.82, 2.24) is 9.38 Å². The third kappa shape index (κ3) is 3.41. The lowest BCUT2D eigenvalue weighted by molar-refractivity contribution is 0.0987. The van der Waals surface area contributed by atoms with Crippen LogP contribution in [0.4, 0.5) is 10.1 Å². The Balaban J connectivity index is 1.77. The molecule has 6 nitrogen and oxygen atoms in total. The second-order valence-corrected chi connectivity index (χ2v) is 6.70. The van der Waals surface area contributed by atoms with Crippen LogP contribution in [-0.2, 0) is 0 Å². The van der Waals surface area contributed by atoms with Gasteiger partial charge in [0.05, 0.1) is 23.9 Å². The van der Waals surface area contributed by atoms with Gasteiger partial charge in [-0.25, -0.2) is 4.39 Å². The van der Waals surface area contributed by atoms with Crippen molar-refractivity contribution in [2.75, 3.05) is 12.4 Å². The van der Waals surface area contributed by atoms with Gasteiger partial charge in [0.1, 0.15) is 5.75 Å². The van der Waals surface area contributed by atoms with Crippen LogP contribution in [0.1, 0.15) is 27.6 Å². The predicted molar refractivity (Wildman–Crippen MR) is 112 cm³/mol. The number of aromatic nitrogens is 2. The molecular formula is C23H18FN3O3. The molecule has 0 aliphatic heterocycles. The summed E-state index contributed by atoms with van der Waals surface area (Å²) in [6, 6.07) is 11.5. The van der Waals surface area contributed by atoms with E-state index in [1.165, 1.54) is 20.1 Å². The second kappa shape index (κ2) is 7.79. The molecule has 1 aromatic carbocycles. The number of ketones is 1. The van der Waals surface area contributed by atoms with Crippen LogP contribution in [0, 0.1) is 5.82 Å². The Hall–Kier alpha value is -4.00. The summed E-state index contributed by atoms with van der Waals surface area (Å²) in [4.78, 5) is 29.3. The zero-order valence-electron chi connectivity index (χ0n) is 16.3. The molecule has 0 aliphatic carbocycles. The number of nitrogens with zero attached hydrogens (tertiary/aromatic N) is 2. The summed E-state index contributed by atoms with van der Waals surface area (Å²) in [5.41, 5.74) is 1.81. The number of methoxy groups -OCH3 is 1. The maximum absolute atomic E-state index is 15.1. The van der Waals surface area contributed by atoms with Crippen LogP contribution in [0.2, 0.25) is 0 Å². The molecule has 0 atom stereocenters. The molecule has 1 N–H and O–H groups in total. The zero-order valence-corrected chi connectivity index (χ0v) is 16.3. The van der Waals surface area contributed by atoms with Crippen LogP contribution in [-0.4, -0.2) is 28.2 Å². The number of halogens is 1. The number of rotatable bonds is 5. The van der Waals surface area contributed by atoms with Crippen LogP contribution in [0.15, 0.2) is 67.3 Å². The van der Waals surface area contributed by atoms with Gasteiger partial charge in [0.15, 0.2) is 11.6 Å². The summed E-state index contributed by atoms with van der Waals surface area (Å²) in [6.45, 7) is 1.38. The number of Topliss-reactive ketones (excluding diaryl/α,β-unsaturated/α-hetero) is 1. The van der Waals surface area contributed by atoms with E-state index in [4.69, 9.17) is 4.74 Å². The number of carbonyl (C=O) groups is 2. The van der Waals surface area contributed by atoms with Crippen LogP contribution < -0.4 is 10.1 Å². The van der Waals surface area contributed by atoms with Crippen LogP contribution in [0.3, 0.4) is 0 Å². The number of carbonyl (C=O) groups excluding carboxylic acids is 2. The molecule has 0 unspecified atom stereocenters. The van der Waals surface area contributed by atoms with Gasteiger partial charge < -0.3 is 14.5 Å². The van der Waals surface area contributed by atoms with E-state index < -0.39 is 11.7 Å². The van der Waals surface area contributed by atoms with Crippen molar-refractivity contribution in [1.29, 1.82) is 0 Å². The third-order valence-corrected chi connectivity index (χ3v) is 4.81. The van der Waals surface area contributed by atoms with Crippen molar-refractivity contribution in [3.8, 4) is 16.9 Å². The topological polar surface area (TPSA) is 72.7 Å². The first-order chi connectivity index (χ1) is 14.5. The van der Waals surface area contributed by atoms with Crippen LogP contribution >= 0.6 is 0 Å². The molecule has 0 aliphatic rings. The van der Waals surface area contributed by atoms with E-state index in [1.54, 1.807) is 65.6 Å². The van der Waals surface area contributed by atoms with Crippen molar-refractivity contribution < 1.29 is 18.7 Å². The molecule has 0 fully saturated rings. The van der Waals surface area contributed by atoms with Gasteiger partial charge in [-0.2, -0.15) is 0 Å². The molecule has 0 saturated heterocycles. The lowest BCUT2D eigenvalue weighted by Crippen LogP contribution is -2.16. The first-order valence-corrected chi connectivity index (χ1v) is 9.19. The Morgan fingerprint density at radius 2 is 2.00 bits per heavy atom. The van der Waals surface area contributed by atoms with E-state index in [-0.39, 0.29) is 22.6 Å². The van der Waals surface area contributed by atoms with Gasteiger partial charge in [0.2, 0.25) is 0 Å². The van der Waals surface area contributed by atoms with Gasteiger partial charge in [-0.3, -0.25) is 14.6 Å². The number of benzene rings is 1. The maximum Gasteiger partial charge on any atom is 0.258 e. The fourth-order valence-electron chi connectivity index (χ4n) is 3.34. The van der Waals surface area contributed by atoms with Gasteiger partial charge in [-0.1, -0.05) is 18.2 Å². The maximum atomic E-state index is 15.1. The molecule has 3 heterocycles. The Morgan fingerprint density at radius 3 is 2.70 bits per heavy atom. The molecule has 30 heavy (non-hydrogen) atoms. The number of hydrogen-bond donors (Lipinski definition) is 1. The van der Waals surface area contributed by atoms with Crippen molar-refractivity contribution in [2.24, 2.45) is 0 Å². The molecule has 0 bridgehead atoms. The van der Waals surface area contributed by atoms with E-state index in [0.29, 0.717) is 22.4 Å². The normalized spacial score (nSPS) is 10.8. The second-order valence-electron chi connectivity index (χ2n) is 6.70. The fourth-order valence-corrected chi connectivity index (χ4v) is 3.34. The number of ether oxygens (including phenoxy) is 1. The first-order valence-electron chi connectivity index (χ1n) is 9.19. The predicted octanol–water partition coefficient (Wildman–Crippen LogP) is 4.60. The minimum absolute atomic E-state index is 0.0121. The monoisotopic (exact) mass is 403 g/mol. The van der Waals surface area contributed by atoms with E-state index in [9.17, 15) is 9.59 Å². The Bertz CT molecular complexity index is 1270. The van der Waals surface area contributed by atoms with Crippen molar-refractivity contribution in [2.45, 2.75) is 6.92 Å². The highest BCUT2D eigenvalue weighted by Gasteiger charge is 2.22. The third-order valence-electron chi connectivity index (χ3n) is 4.81. The highest BCUT2D eigenvalue weighted by atomic mass is 19.1. The van der Waals surface area contributed by atoms with Crippen LogP contribution in [0.5, 0.6) is 5.75 Å². The summed E-state index contributed by atoms with van der Waals surface area (Å²) < 4.78 is 22.0. The summed E-state index contributed by atoms with van der Waals surface area (Å²) in [5, 5.41) is 2.61. The van der Waals surface area contributed by atoms with E-state index in [2.05, 4.69) is 10.3 Å². The summed E-state index contributed by atoms with van der Waals surface area (Å²) in [5.74, 6) is -0.899. The van der Waals surface area contributed by atoms with Crippen molar-refractivity contribution in [3.05, 3.63) is 84.2 Å². The summed E-state index contributed by atoms with van der Waals surface area (Å²) >= 11 is 0. The Morgan fingerprint density at radius 1 is 1.17 bits per heavy atom. The number of pyridine rings is 2. The number of hydrogen-bond acceptors (Lipinski definition) is 4. The zero-order chi connectivity index (χ0) is 21.3. The number of amides is 1. The highest BCUT2D eigenvalue weighted by molar-refractivity contribution is 6.16. The molecule has 0 spiro atoms. The first kappa shape index (κ1) is 19.3. The number of anilines is 1. The Labute approximate surface area is 171 Å². The molecule has 150 valence electrons. The highest BCUT2D eigenvalue weighted by Crippen LogP contribution is 2.29. The van der Waals surface area contributed by atoms with Gasteiger partial charge >= 0.3 is 0 Å². The summed E-state index contributed by atoms with van der Waals surface area (Å²) in [6.07, 6.45) is 6.42. The average Bonchev–Trinajstić information content (AvgIpc) is 3.15. The van der Waals surface area contributed by atoms with Crippen LogP contribution in [0.25, 0.3) is 16.6 Å². The average molecular weight is 403 g/mol. The smallest absolute Gasteiger partial charge is 0.258 e. The fraction of sp³-hybridized carbons (Fsp3) is 0.0870. The van der Waals surface area contributed by atoms with E-state index in [0.717, 1.165) is 0 Å². The quantitative estimate of drug-likeness (QED) is 0.494. The van der Waals surface area contributed by atoms with Gasteiger partial charge in [0, 0.05) is 47.5 Å². The lowest BCUT2D eigenvalue weighted by Gasteiger charge is -2.11. The van der Waals surface area contributed by atoms with Crippen molar-refractivity contribution in [3.63, 3.8) is 0 Å². The molecule has 3 aromatic heterocycles. The van der Waals surface area contributed by atoms with Gasteiger partial charge in [0.25, 0.3) is 5.91 Å². The molecule has 0 radical (unpaired) electrons. The molecule has 7 heteroatoms. The number of fused-ring (bicyclic) bond motifs is 1. The lowest BCUT2D eigenvalue weighted by atomic mass is 10.1. The largest absolute Gasteiger partial charge is 0.497 e. The van der Waals surface area contributed by atoms with E-state index in [1.807, 2.05) is 0 Å². The van der Waals surface area contributed by atoms with E-state index >= 15 is 4.39 Å². The molecule has 0 saturated carbocycles. The number of nitrogens with one attached hydrogen (secondary N) is 1. The molecule has 4 rings (SSSR count). The standard InChI is InChI=1S/C23H18FN3O3/c1-14(28)18-13-27-10-8-16(30-2)11-20(27)21(18)23(29)26-19-7-3-6-17(22(19)24)15-5-4-9-25-12-15/h3-13H,1-2H3,(H,26,29). The minimum Gasteiger partial charge on any atom is -0.497 e. The van der Waals surface area contributed by atoms with Crippen molar-refractivity contribution >= 4 is 22.9 Å². The SMILES string of the molecule is COc1ccn2cc(C(C)=O)c(C(=O)Nc3cccc(-c4cccnc4)c3F)c2c1. The Kier molecular flexibility index (Phi) is 5.02.